The van der Waals surface area contributed by atoms with Gasteiger partial charge in [0.1, 0.15) is 24.2 Å². The number of hydrogen-bond acceptors (Lipinski definition) is 7. The first-order chi connectivity index (χ1) is 18.8. The molecule has 1 amide bonds. The fourth-order valence-electron chi connectivity index (χ4n) is 5.20. The summed E-state index contributed by atoms with van der Waals surface area (Å²) >= 11 is 0. The predicted octanol–water partition coefficient (Wildman–Crippen LogP) is 4.74. The summed E-state index contributed by atoms with van der Waals surface area (Å²) in [6.07, 6.45) is 2.40. The summed E-state index contributed by atoms with van der Waals surface area (Å²) in [7, 11) is 0. The van der Waals surface area contributed by atoms with Gasteiger partial charge in [0.2, 0.25) is 0 Å². The van der Waals surface area contributed by atoms with Crippen molar-refractivity contribution in [3.8, 4) is 17.2 Å². The lowest BCUT2D eigenvalue weighted by atomic mass is 9.94. The van der Waals surface area contributed by atoms with Gasteiger partial charge < -0.3 is 29.1 Å². The molecule has 0 bridgehead atoms. The number of likely N-dealkylation sites (N-methyl/N-ethyl adjacent to an activating group) is 1. The van der Waals surface area contributed by atoms with Crippen LogP contribution < -0.4 is 14.2 Å². The van der Waals surface area contributed by atoms with E-state index in [1.54, 1.807) is 35.2 Å². The molecule has 0 saturated carbocycles. The lowest BCUT2D eigenvalue weighted by Gasteiger charge is -2.28. The highest BCUT2D eigenvalue weighted by molar-refractivity contribution is 6.46. The van der Waals surface area contributed by atoms with Crippen LogP contribution in [-0.2, 0) is 16.0 Å². The standard InChI is InChI=1S/C31H38N2O6/c1-6-16-38-25-13-10-21(19-26(25)37-9-4)28-27(30(35)31(36)33(28)15-14-32(7-2)8-3)29(34)22-11-12-24-23(18-22)17-20(5)39-24/h6,10-13,18-20,28,34H,1,7-9,14-17H2,2-5H3/b29-27+. The van der Waals surface area contributed by atoms with Gasteiger partial charge in [0.15, 0.2) is 11.5 Å². The maximum atomic E-state index is 13.5. The molecule has 8 heteroatoms. The number of carbonyl (C=O) groups is 2. The number of rotatable bonds is 12. The van der Waals surface area contributed by atoms with Crippen LogP contribution in [-0.4, -0.2) is 72.1 Å². The Kier molecular flexibility index (Phi) is 8.97. The van der Waals surface area contributed by atoms with E-state index in [4.69, 9.17) is 14.2 Å². The number of nitrogens with zero attached hydrogens (tertiary/aromatic N) is 2. The van der Waals surface area contributed by atoms with Gasteiger partial charge in [0.25, 0.3) is 11.7 Å². The molecule has 1 saturated heterocycles. The highest BCUT2D eigenvalue weighted by Crippen LogP contribution is 2.42. The van der Waals surface area contributed by atoms with E-state index in [1.165, 1.54) is 0 Å². The van der Waals surface area contributed by atoms with Crippen LogP contribution in [0.3, 0.4) is 0 Å². The normalized spacial score (nSPS) is 19.8. The minimum absolute atomic E-state index is 0.0434. The summed E-state index contributed by atoms with van der Waals surface area (Å²) in [5.74, 6) is 0.273. The Morgan fingerprint density at radius 1 is 1.13 bits per heavy atom. The zero-order valence-corrected chi connectivity index (χ0v) is 23.2. The van der Waals surface area contributed by atoms with Crippen LogP contribution in [0.15, 0.2) is 54.6 Å². The summed E-state index contributed by atoms with van der Waals surface area (Å²) in [4.78, 5) is 30.6. The Morgan fingerprint density at radius 2 is 1.90 bits per heavy atom. The number of aliphatic hydroxyl groups excluding tert-OH is 1. The number of amides is 1. The molecule has 39 heavy (non-hydrogen) atoms. The van der Waals surface area contributed by atoms with Gasteiger partial charge in [0.05, 0.1) is 18.2 Å². The first kappa shape index (κ1) is 28.2. The molecule has 2 unspecified atom stereocenters. The highest BCUT2D eigenvalue weighted by atomic mass is 16.5. The van der Waals surface area contributed by atoms with Crippen molar-refractivity contribution < 1.29 is 28.9 Å². The zero-order valence-electron chi connectivity index (χ0n) is 23.2. The highest BCUT2D eigenvalue weighted by Gasteiger charge is 2.46. The molecule has 4 rings (SSSR count). The molecule has 2 aliphatic rings. The molecule has 208 valence electrons. The summed E-state index contributed by atoms with van der Waals surface area (Å²) in [6.45, 7) is 15.0. The monoisotopic (exact) mass is 534 g/mol. The van der Waals surface area contributed by atoms with Crippen molar-refractivity contribution in [1.82, 2.24) is 9.80 Å². The molecule has 2 aromatic rings. The van der Waals surface area contributed by atoms with E-state index >= 15 is 0 Å². The minimum atomic E-state index is -0.781. The van der Waals surface area contributed by atoms with Gasteiger partial charge in [-0.05, 0) is 68.4 Å². The second-order valence-corrected chi connectivity index (χ2v) is 9.71. The van der Waals surface area contributed by atoms with Gasteiger partial charge in [-0.15, -0.1) is 0 Å². The van der Waals surface area contributed by atoms with Crippen molar-refractivity contribution in [3.63, 3.8) is 0 Å². The summed E-state index contributed by atoms with van der Waals surface area (Å²) in [5.41, 5.74) is 2.16. The van der Waals surface area contributed by atoms with Crippen LogP contribution in [0.1, 0.15) is 50.4 Å². The molecule has 0 aliphatic carbocycles. The van der Waals surface area contributed by atoms with Gasteiger partial charge in [-0.25, -0.2) is 0 Å². The average molecular weight is 535 g/mol. The van der Waals surface area contributed by atoms with Gasteiger partial charge in [-0.2, -0.15) is 0 Å². The lowest BCUT2D eigenvalue weighted by Crippen LogP contribution is -2.38. The molecule has 2 aromatic carbocycles. The van der Waals surface area contributed by atoms with E-state index in [0.717, 1.165) is 24.4 Å². The molecule has 0 radical (unpaired) electrons. The molecule has 8 nitrogen and oxygen atoms in total. The SMILES string of the molecule is C=CCOc1ccc(C2/C(=C(\O)c3ccc4c(c3)CC(C)O4)C(=O)C(=O)N2CCN(CC)CC)cc1OCC. The number of likely N-dealkylation sites (tertiary alicyclic amines) is 1. The largest absolute Gasteiger partial charge is 0.507 e. The minimum Gasteiger partial charge on any atom is -0.507 e. The molecule has 1 N–H and O–H groups in total. The third-order valence-corrected chi connectivity index (χ3v) is 7.20. The average Bonchev–Trinajstić information content (AvgIpc) is 3.43. The molecule has 0 spiro atoms. The van der Waals surface area contributed by atoms with Crippen LogP contribution in [0, 0.1) is 0 Å². The number of ketones is 1. The Labute approximate surface area is 230 Å². The number of benzene rings is 2. The second-order valence-electron chi connectivity index (χ2n) is 9.71. The second kappa shape index (κ2) is 12.4. The van der Waals surface area contributed by atoms with Crippen LogP contribution in [0.5, 0.6) is 17.2 Å². The summed E-state index contributed by atoms with van der Waals surface area (Å²) < 4.78 is 17.4. The maximum Gasteiger partial charge on any atom is 0.295 e. The first-order valence-electron chi connectivity index (χ1n) is 13.6. The molecule has 0 aromatic heterocycles. The fraction of sp³-hybridized carbons (Fsp3) is 0.419. The summed E-state index contributed by atoms with van der Waals surface area (Å²) in [5, 5.41) is 11.5. The Morgan fingerprint density at radius 3 is 2.59 bits per heavy atom. The first-order valence-corrected chi connectivity index (χ1v) is 13.6. The van der Waals surface area contributed by atoms with Gasteiger partial charge in [0, 0.05) is 25.1 Å². The summed E-state index contributed by atoms with van der Waals surface area (Å²) in [6, 6.07) is 9.95. The van der Waals surface area contributed by atoms with Gasteiger partial charge >= 0.3 is 0 Å². The molecular weight excluding hydrogens is 496 g/mol. The number of carbonyl (C=O) groups excluding carboxylic acids is 2. The molecular formula is C31H38N2O6. The third kappa shape index (κ3) is 5.81. The van der Waals surface area contributed by atoms with Crippen molar-refractivity contribution in [2.24, 2.45) is 0 Å². The number of fused-ring (bicyclic) bond motifs is 1. The Bertz CT molecular complexity index is 1270. The van der Waals surface area contributed by atoms with Crippen molar-refractivity contribution in [3.05, 3.63) is 71.3 Å². The van der Waals surface area contributed by atoms with E-state index in [0.29, 0.717) is 55.4 Å². The fourth-order valence-corrected chi connectivity index (χ4v) is 5.20. The van der Waals surface area contributed by atoms with Crippen LogP contribution >= 0.6 is 0 Å². The molecule has 1 fully saturated rings. The molecule has 2 atom stereocenters. The quantitative estimate of drug-likeness (QED) is 0.182. The van der Waals surface area contributed by atoms with E-state index in [-0.39, 0.29) is 17.4 Å². The number of hydrogen-bond donors (Lipinski definition) is 1. The van der Waals surface area contributed by atoms with E-state index in [1.807, 2.05) is 26.0 Å². The number of aliphatic hydroxyl groups is 1. The van der Waals surface area contributed by atoms with Crippen LogP contribution in [0.4, 0.5) is 0 Å². The van der Waals surface area contributed by atoms with Crippen molar-refractivity contribution in [2.75, 3.05) is 39.4 Å². The van der Waals surface area contributed by atoms with Crippen molar-refractivity contribution in [1.29, 1.82) is 0 Å². The number of Topliss-reactive ketones (excluding diaryl/α,β-unsaturated/α-hetero) is 1. The van der Waals surface area contributed by atoms with E-state index in [2.05, 4.69) is 25.3 Å². The molecule has 2 aliphatic heterocycles. The lowest BCUT2D eigenvalue weighted by molar-refractivity contribution is -0.140. The predicted molar refractivity (Wildman–Crippen MR) is 150 cm³/mol. The van der Waals surface area contributed by atoms with Crippen molar-refractivity contribution in [2.45, 2.75) is 46.3 Å². The third-order valence-electron chi connectivity index (χ3n) is 7.20. The maximum absolute atomic E-state index is 13.5. The molecule has 2 heterocycles. The smallest absolute Gasteiger partial charge is 0.295 e. The zero-order chi connectivity index (χ0) is 28.1. The number of ether oxygens (including phenoxy) is 3. The van der Waals surface area contributed by atoms with E-state index < -0.39 is 17.7 Å². The van der Waals surface area contributed by atoms with Crippen LogP contribution in [0.2, 0.25) is 0 Å². The topological polar surface area (TPSA) is 88.5 Å². The van der Waals surface area contributed by atoms with E-state index in [9.17, 15) is 14.7 Å². The van der Waals surface area contributed by atoms with Crippen molar-refractivity contribution >= 4 is 17.4 Å². The van der Waals surface area contributed by atoms with Gasteiger partial charge in [-0.3, -0.25) is 9.59 Å². The van der Waals surface area contributed by atoms with Crippen LogP contribution in [0.25, 0.3) is 5.76 Å². The Balaban J connectivity index is 1.82. The Hall–Kier alpha value is -3.78. The van der Waals surface area contributed by atoms with Gasteiger partial charge in [-0.1, -0.05) is 32.6 Å².